The van der Waals surface area contributed by atoms with Crippen molar-refractivity contribution in [2.75, 3.05) is 39.3 Å². The first-order valence-corrected chi connectivity index (χ1v) is 11.6. The van der Waals surface area contributed by atoms with E-state index in [4.69, 9.17) is 0 Å². The average molecular weight is 408 g/mol. The van der Waals surface area contributed by atoms with Crippen molar-refractivity contribution < 1.29 is 4.79 Å². The van der Waals surface area contributed by atoms with Crippen molar-refractivity contribution in [3.63, 3.8) is 0 Å². The minimum absolute atomic E-state index is 0.0195. The standard InChI is InChI=1S/C26H37N3O/c1-2-11-25(24-14-7-4-8-15-24)26(30)27-16-9-10-17-28-18-20-29(21-19-28)22-23-12-5-3-6-13-23/h3-8,12-15,25H,2,9-11,16-22H2,1H3,(H,27,30). The van der Waals surface area contributed by atoms with E-state index in [-0.39, 0.29) is 11.8 Å². The third kappa shape index (κ3) is 7.26. The molecule has 1 N–H and O–H groups in total. The first-order valence-electron chi connectivity index (χ1n) is 11.6. The Morgan fingerprint density at radius 2 is 1.53 bits per heavy atom. The molecule has 1 aliphatic heterocycles. The van der Waals surface area contributed by atoms with Gasteiger partial charge in [-0.15, -0.1) is 0 Å². The van der Waals surface area contributed by atoms with Crippen molar-refractivity contribution in [1.82, 2.24) is 15.1 Å². The van der Waals surface area contributed by atoms with E-state index in [1.807, 2.05) is 18.2 Å². The van der Waals surface area contributed by atoms with Crippen LogP contribution in [0.15, 0.2) is 60.7 Å². The van der Waals surface area contributed by atoms with Gasteiger partial charge in [-0.2, -0.15) is 0 Å². The molecule has 4 heteroatoms. The molecule has 3 rings (SSSR count). The summed E-state index contributed by atoms with van der Waals surface area (Å²) in [6.07, 6.45) is 4.11. The number of carbonyl (C=O) groups excluding carboxylic acids is 1. The van der Waals surface area contributed by atoms with E-state index in [0.717, 1.165) is 77.1 Å². The Balaban J connectivity index is 1.29. The lowest BCUT2D eigenvalue weighted by Crippen LogP contribution is -2.46. The van der Waals surface area contributed by atoms with Crippen LogP contribution in [0.25, 0.3) is 0 Å². The van der Waals surface area contributed by atoms with E-state index >= 15 is 0 Å². The molecular weight excluding hydrogens is 370 g/mol. The first kappa shape index (κ1) is 22.5. The summed E-state index contributed by atoms with van der Waals surface area (Å²) in [7, 11) is 0. The van der Waals surface area contributed by atoms with Gasteiger partial charge in [0.2, 0.25) is 5.91 Å². The lowest BCUT2D eigenvalue weighted by atomic mass is 9.93. The number of unbranched alkanes of at least 4 members (excludes halogenated alkanes) is 1. The van der Waals surface area contributed by atoms with Gasteiger partial charge in [0, 0.05) is 39.3 Å². The molecule has 1 aliphatic rings. The zero-order valence-electron chi connectivity index (χ0n) is 18.4. The minimum atomic E-state index is -0.0195. The molecule has 2 aromatic rings. The van der Waals surface area contributed by atoms with Crippen LogP contribution in [0, 0.1) is 0 Å². The number of benzene rings is 2. The highest BCUT2D eigenvalue weighted by atomic mass is 16.1. The molecule has 1 saturated heterocycles. The van der Waals surface area contributed by atoms with Crippen LogP contribution < -0.4 is 5.32 Å². The number of hydrogen-bond donors (Lipinski definition) is 1. The Bertz CT molecular complexity index is 726. The number of nitrogens with zero attached hydrogens (tertiary/aromatic N) is 2. The number of carbonyl (C=O) groups is 1. The molecule has 2 aromatic carbocycles. The molecule has 4 nitrogen and oxygen atoms in total. The first-order chi connectivity index (χ1) is 14.8. The summed E-state index contributed by atoms with van der Waals surface area (Å²) in [4.78, 5) is 17.8. The molecule has 30 heavy (non-hydrogen) atoms. The average Bonchev–Trinajstić information content (AvgIpc) is 2.79. The van der Waals surface area contributed by atoms with Gasteiger partial charge in [-0.05, 0) is 36.9 Å². The Morgan fingerprint density at radius 1 is 0.900 bits per heavy atom. The van der Waals surface area contributed by atoms with Gasteiger partial charge in [0.25, 0.3) is 0 Å². The zero-order valence-corrected chi connectivity index (χ0v) is 18.4. The number of hydrogen-bond acceptors (Lipinski definition) is 3. The monoisotopic (exact) mass is 407 g/mol. The van der Waals surface area contributed by atoms with Crippen LogP contribution in [-0.2, 0) is 11.3 Å². The summed E-state index contributed by atoms with van der Waals surface area (Å²) in [5, 5.41) is 3.17. The maximum atomic E-state index is 12.7. The molecule has 0 radical (unpaired) electrons. The van der Waals surface area contributed by atoms with Crippen molar-refractivity contribution in [2.24, 2.45) is 0 Å². The fourth-order valence-electron chi connectivity index (χ4n) is 4.23. The predicted octanol–water partition coefficient (Wildman–Crippen LogP) is 4.28. The van der Waals surface area contributed by atoms with Gasteiger partial charge in [-0.25, -0.2) is 0 Å². The van der Waals surface area contributed by atoms with E-state index in [2.05, 4.69) is 64.5 Å². The highest BCUT2D eigenvalue weighted by molar-refractivity contribution is 5.83. The predicted molar refractivity (Wildman–Crippen MR) is 124 cm³/mol. The van der Waals surface area contributed by atoms with Gasteiger partial charge in [0.05, 0.1) is 5.92 Å². The van der Waals surface area contributed by atoms with Gasteiger partial charge in [-0.1, -0.05) is 74.0 Å². The molecule has 0 aromatic heterocycles. The number of amides is 1. The van der Waals surface area contributed by atoms with Crippen LogP contribution in [0.2, 0.25) is 0 Å². The minimum Gasteiger partial charge on any atom is -0.356 e. The molecule has 0 bridgehead atoms. The van der Waals surface area contributed by atoms with Crippen LogP contribution in [0.5, 0.6) is 0 Å². The Hall–Kier alpha value is -2.17. The van der Waals surface area contributed by atoms with E-state index in [0.29, 0.717) is 0 Å². The molecule has 0 aliphatic carbocycles. The molecule has 1 atom stereocenters. The molecule has 0 saturated carbocycles. The van der Waals surface area contributed by atoms with Gasteiger partial charge in [0.15, 0.2) is 0 Å². The second kappa shape index (κ2) is 12.5. The van der Waals surface area contributed by atoms with E-state index in [1.54, 1.807) is 0 Å². The van der Waals surface area contributed by atoms with Gasteiger partial charge in [-0.3, -0.25) is 9.69 Å². The fraction of sp³-hybridized carbons (Fsp3) is 0.500. The largest absolute Gasteiger partial charge is 0.356 e. The summed E-state index contributed by atoms with van der Waals surface area (Å²) in [5.74, 6) is 0.159. The summed E-state index contributed by atoms with van der Waals surface area (Å²) < 4.78 is 0. The second-order valence-corrected chi connectivity index (χ2v) is 8.35. The van der Waals surface area contributed by atoms with Gasteiger partial charge >= 0.3 is 0 Å². The Labute approximate surface area is 182 Å². The highest BCUT2D eigenvalue weighted by Gasteiger charge is 2.19. The van der Waals surface area contributed by atoms with Gasteiger partial charge in [0.1, 0.15) is 0 Å². The maximum absolute atomic E-state index is 12.7. The topological polar surface area (TPSA) is 35.6 Å². The zero-order chi connectivity index (χ0) is 21.0. The summed E-state index contributed by atoms with van der Waals surface area (Å²) in [6, 6.07) is 20.9. The van der Waals surface area contributed by atoms with Crippen molar-refractivity contribution in [2.45, 2.75) is 45.1 Å². The van der Waals surface area contributed by atoms with Crippen molar-refractivity contribution in [3.05, 3.63) is 71.8 Å². The lowest BCUT2D eigenvalue weighted by molar-refractivity contribution is -0.122. The van der Waals surface area contributed by atoms with E-state index in [9.17, 15) is 4.79 Å². The third-order valence-corrected chi connectivity index (χ3v) is 6.01. The van der Waals surface area contributed by atoms with Crippen molar-refractivity contribution in [3.8, 4) is 0 Å². The molecule has 162 valence electrons. The quantitative estimate of drug-likeness (QED) is 0.565. The Morgan fingerprint density at radius 3 is 2.20 bits per heavy atom. The lowest BCUT2D eigenvalue weighted by Gasteiger charge is -2.34. The summed E-state index contributed by atoms with van der Waals surface area (Å²) in [6.45, 7) is 9.68. The third-order valence-electron chi connectivity index (χ3n) is 6.01. The fourth-order valence-corrected chi connectivity index (χ4v) is 4.23. The summed E-state index contributed by atoms with van der Waals surface area (Å²) >= 11 is 0. The van der Waals surface area contributed by atoms with E-state index in [1.165, 1.54) is 5.56 Å². The Kier molecular flexibility index (Phi) is 9.39. The SMILES string of the molecule is CCCC(C(=O)NCCCCN1CCN(Cc2ccccc2)CC1)c1ccccc1. The number of nitrogens with one attached hydrogen (secondary N) is 1. The molecule has 1 heterocycles. The smallest absolute Gasteiger partial charge is 0.227 e. The number of piperazine rings is 1. The van der Waals surface area contributed by atoms with Gasteiger partial charge < -0.3 is 10.2 Å². The van der Waals surface area contributed by atoms with Crippen molar-refractivity contribution in [1.29, 1.82) is 0 Å². The maximum Gasteiger partial charge on any atom is 0.227 e. The van der Waals surface area contributed by atoms with Crippen molar-refractivity contribution >= 4 is 5.91 Å². The van der Waals surface area contributed by atoms with Crippen LogP contribution in [-0.4, -0.2) is 55.0 Å². The summed E-state index contributed by atoms with van der Waals surface area (Å²) in [5.41, 5.74) is 2.53. The second-order valence-electron chi connectivity index (χ2n) is 8.35. The molecule has 0 spiro atoms. The molecule has 1 amide bonds. The molecule has 1 fully saturated rings. The van der Waals surface area contributed by atoms with Crippen LogP contribution in [0.1, 0.15) is 49.7 Å². The van der Waals surface area contributed by atoms with Crippen LogP contribution in [0.3, 0.4) is 0 Å². The molecular formula is C26H37N3O. The van der Waals surface area contributed by atoms with Crippen LogP contribution >= 0.6 is 0 Å². The molecule has 1 unspecified atom stereocenters. The highest BCUT2D eigenvalue weighted by Crippen LogP contribution is 2.21. The number of rotatable bonds is 11. The van der Waals surface area contributed by atoms with Crippen LogP contribution in [0.4, 0.5) is 0 Å². The normalized spacial score (nSPS) is 16.3. The van der Waals surface area contributed by atoms with E-state index < -0.39 is 0 Å².